The molecular formula is C21H32N2O4. The Morgan fingerprint density at radius 3 is 2.33 bits per heavy atom. The molecule has 1 saturated carbocycles. The summed E-state index contributed by atoms with van der Waals surface area (Å²) >= 11 is 0. The van der Waals surface area contributed by atoms with Crippen molar-refractivity contribution in [2.75, 3.05) is 13.6 Å². The van der Waals surface area contributed by atoms with E-state index in [2.05, 4.69) is 5.32 Å². The predicted molar refractivity (Wildman–Crippen MR) is 105 cm³/mol. The van der Waals surface area contributed by atoms with Gasteiger partial charge in [-0.3, -0.25) is 4.79 Å². The van der Waals surface area contributed by atoms with E-state index in [-0.39, 0.29) is 12.5 Å². The molecule has 0 spiro atoms. The predicted octanol–water partition coefficient (Wildman–Crippen LogP) is 3.88. The molecule has 0 unspecified atom stereocenters. The van der Waals surface area contributed by atoms with Crippen molar-refractivity contribution in [2.45, 2.75) is 71.1 Å². The van der Waals surface area contributed by atoms with Crippen LogP contribution in [0.5, 0.6) is 5.75 Å². The van der Waals surface area contributed by atoms with Crippen molar-refractivity contribution in [2.24, 2.45) is 0 Å². The molecule has 0 aromatic heterocycles. The monoisotopic (exact) mass is 376 g/mol. The summed E-state index contributed by atoms with van der Waals surface area (Å²) in [5.74, 6) is 0.646. The van der Waals surface area contributed by atoms with E-state index in [1.165, 1.54) is 24.2 Å². The maximum atomic E-state index is 12.0. The van der Waals surface area contributed by atoms with E-state index in [4.69, 9.17) is 9.47 Å². The zero-order valence-corrected chi connectivity index (χ0v) is 16.9. The largest absolute Gasteiger partial charge is 0.490 e. The molecule has 2 amide bonds. The van der Waals surface area contributed by atoms with Gasteiger partial charge < -0.3 is 19.7 Å². The van der Waals surface area contributed by atoms with Crippen LogP contribution in [0.2, 0.25) is 0 Å². The Kier molecular flexibility index (Phi) is 7.51. The molecule has 27 heavy (non-hydrogen) atoms. The highest BCUT2D eigenvalue weighted by atomic mass is 16.6. The van der Waals surface area contributed by atoms with E-state index >= 15 is 0 Å². The van der Waals surface area contributed by atoms with Gasteiger partial charge in [0.15, 0.2) is 0 Å². The van der Waals surface area contributed by atoms with Gasteiger partial charge in [-0.25, -0.2) is 4.79 Å². The van der Waals surface area contributed by atoms with Crippen LogP contribution >= 0.6 is 0 Å². The first-order valence-corrected chi connectivity index (χ1v) is 9.69. The summed E-state index contributed by atoms with van der Waals surface area (Å²) in [6.07, 6.45) is 5.86. The molecule has 0 heterocycles. The average molecular weight is 376 g/mol. The minimum Gasteiger partial charge on any atom is -0.490 e. The summed E-state index contributed by atoms with van der Waals surface area (Å²) in [4.78, 5) is 25.2. The third-order valence-corrected chi connectivity index (χ3v) is 4.35. The van der Waals surface area contributed by atoms with Crippen molar-refractivity contribution < 1.29 is 19.1 Å². The van der Waals surface area contributed by atoms with Crippen LogP contribution in [-0.2, 0) is 16.1 Å². The van der Waals surface area contributed by atoms with Gasteiger partial charge >= 0.3 is 6.09 Å². The highest BCUT2D eigenvalue weighted by Gasteiger charge is 2.21. The lowest BCUT2D eigenvalue weighted by molar-refractivity contribution is -0.122. The average Bonchev–Trinajstić information content (AvgIpc) is 2.60. The molecule has 150 valence electrons. The number of carbonyl (C=O) groups is 2. The number of carbonyl (C=O) groups excluding carboxylic acids is 2. The number of nitrogens with one attached hydrogen (secondary N) is 1. The summed E-state index contributed by atoms with van der Waals surface area (Å²) in [6, 6.07) is 7.80. The Morgan fingerprint density at radius 2 is 1.74 bits per heavy atom. The molecule has 1 aliphatic rings. The molecule has 6 heteroatoms. The van der Waals surface area contributed by atoms with Gasteiger partial charge in [0, 0.05) is 13.6 Å². The number of benzene rings is 1. The topological polar surface area (TPSA) is 67.9 Å². The third-order valence-electron chi connectivity index (χ3n) is 4.35. The fourth-order valence-electron chi connectivity index (χ4n) is 2.94. The van der Waals surface area contributed by atoms with Crippen LogP contribution in [0.3, 0.4) is 0 Å². The zero-order valence-electron chi connectivity index (χ0n) is 16.9. The van der Waals surface area contributed by atoms with Crippen LogP contribution < -0.4 is 10.1 Å². The van der Waals surface area contributed by atoms with Crippen LogP contribution in [0.15, 0.2) is 24.3 Å². The lowest BCUT2D eigenvalue weighted by atomic mass is 9.98. The smallest absolute Gasteiger partial charge is 0.410 e. The van der Waals surface area contributed by atoms with Gasteiger partial charge in [0.1, 0.15) is 17.9 Å². The number of likely N-dealkylation sites (N-methyl/N-ethyl adjacent to an activating group) is 1. The maximum Gasteiger partial charge on any atom is 0.410 e. The Bertz CT molecular complexity index is 616. The molecule has 6 nitrogen and oxygen atoms in total. The quantitative estimate of drug-likeness (QED) is 0.818. The van der Waals surface area contributed by atoms with E-state index in [0.717, 1.165) is 24.2 Å². The molecule has 1 fully saturated rings. The molecule has 0 aliphatic heterocycles. The minimum atomic E-state index is -0.580. The second-order valence-corrected chi connectivity index (χ2v) is 8.13. The first kappa shape index (κ1) is 21.1. The van der Waals surface area contributed by atoms with Gasteiger partial charge in [-0.15, -0.1) is 0 Å². The maximum absolute atomic E-state index is 12.0. The van der Waals surface area contributed by atoms with Crippen molar-refractivity contribution in [3.63, 3.8) is 0 Å². The van der Waals surface area contributed by atoms with Crippen molar-refractivity contribution in [1.82, 2.24) is 10.2 Å². The van der Waals surface area contributed by atoms with Gasteiger partial charge in [0.2, 0.25) is 5.91 Å². The normalized spacial score (nSPS) is 15.1. The van der Waals surface area contributed by atoms with Crippen molar-refractivity contribution in [3.05, 3.63) is 29.8 Å². The summed E-state index contributed by atoms with van der Waals surface area (Å²) in [5, 5.41) is 2.82. The Morgan fingerprint density at radius 1 is 1.11 bits per heavy atom. The number of hydrogen-bond acceptors (Lipinski definition) is 4. The molecule has 0 atom stereocenters. The highest BCUT2D eigenvalue weighted by molar-refractivity contribution is 5.82. The molecule has 1 aromatic rings. The molecule has 0 radical (unpaired) electrons. The van der Waals surface area contributed by atoms with Gasteiger partial charge in [-0.1, -0.05) is 18.6 Å². The van der Waals surface area contributed by atoms with E-state index in [1.807, 2.05) is 24.3 Å². The van der Waals surface area contributed by atoms with Crippen LogP contribution in [0.4, 0.5) is 4.79 Å². The number of ether oxygens (including phenoxy) is 2. The number of hydrogen-bond donors (Lipinski definition) is 1. The number of amides is 2. The van der Waals surface area contributed by atoms with Crippen LogP contribution in [-0.4, -0.2) is 42.2 Å². The third kappa shape index (κ3) is 7.89. The fraction of sp³-hybridized carbons (Fsp3) is 0.619. The summed E-state index contributed by atoms with van der Waals surface area (Å²) in [7, 11) is 1.55. The van der Waals surface area contributed by atoms with Crippen molar-refractivity contribution in [1.29, 1.82) is 0 Å². The second kappa shape index (κ2) is 9.62. The highest BCUT2D eigenvalue weighted by Crippen LogP contribution is 2.23. The second-order valence-electron chi connectivity index (χ2n) is 8.13. The van der Waals surface area contributed by atoms with Gasteiger partial charge in [0.25, 0.3) is 0 Å². The molecule has 2 rings (SSSR count). The summed E-state index contributed by atoms with van der Waals surface area (Å²) in [6.45, 7) is 5.74. The van der Waals surface area contributed by atoms with E-state index in [1.54, 1.807) is 27.8 Å². The zero-order chi connectivity index (χ0) is 19.9. The molecule has 1 N–H and O–H groups in total. The van der Waals surface area contributed by atoms with E-state index < -0.39 is 11.7 Å². The van der Waals surface area contributed by atoms with Gasteiger partial charge in [-0.2, -0.15) is 0 Å². The van der Waals surface area contributed by atoms with E-state index in [0.29, 0.717) is 12.6 Å². The van der Waals surface area contributed by atoms with Crippen LogP contribution in [0.25, 0.3) is 0 Å². The first-order valence-electron chi connectivity index (χ1n) is 9.69. The SMILES string of the molecule is CN(CC(=O)NCc1ccc(OC2CCCCC2)cc1)C(=O)OC(C)(C)C. The Balaban J connectivity index is 1.73. The lowest BCUT2D eigenvalue weighted by Crippen LogP contribution is -2.40. The molecule has 1 aromatic carbocycles. The van der Waals surface area contributed by atoms with Crippen molar-refractivity contribution in [3.8, 4) is 5.75 Å². The molecule has 0 bridgehead atoms. The van der Waals surface area contributed by atoms with Crippen molar-refractivity contribution >= 4 is 12.0 Å². The number of nitrogens with zero attached hydrogens (tertiary/aromatic N) is 1. The molecule has 0 saturated heterocycles. The first-order chi connectivity index (χ1) is 12.7. The van der Waals surface area contributed by atoms with E-state index in [9.17, 15) is 9.59 Å². The summed E-state index contributed by atoms with van der Waals surface area (Å²) in [5.41, 5.74) is 0.405. The van der Waals surface area contributed by atoms with Gasteiger partial charge in [0.05, 0.1) is 6.10 Å². The molecular weight excluding hydrogens is 344 g/mol. The molecule has 1 aliphatic carbocycles. The lowest BCUT2D eigenvalue weighted by Gasteiger charge is -2.24. The Labute approximate surface area is 162 Å². The Hall–Kier alpha value is -2.24. The van der Waals surface area contributed by atoms with Crippen LogP contribution in [0.1, 0.15) is 58.4 Å². The van der Waals surface area contributed by atoms with Crippen LogP contribution in [0, 0.1) is 0 Å². The van der Waals surface area contributed by atoms with Gasteiger partial charge in [-0.05, 0) is 64.2 Å². The minimum absolute atomic E-state index is 0.0439. The summed E-state index contributed by atoms with van der Waals surface area (Å²) < 4.78 is 11.2. The number of rotatable bonds is 6. The standard InChI is InChI=1S/C21H32N2O4/c1-21(2,3)27-20(25)23(4)15-19(24)22-14-16-10-12-18(13-11-16)26-17-8-6-5-7-9-17/h10-13,17H,5-9,14-15H2,1-4H3,(H,22,24). The fourth-order valence-corrected chi connectivity index (χ4v) is 2.94.